The van der Waals surface area contributed by atoms with Crippen molar-refractivity contribution in [3.05, 3.63) is 42.5 Å². The molecule has 0 unspecified atom stereocenters. The molecular formula is C17H23N. The monoisotopic (exact) mass is 241 g/mol. The summed E-state index contributed by atoms with van der Waals surface area (Å²) < 4.78 is 0. The van der Waals surface area contributed by atoms with E-state index in [0.29, 0.717) is 6.04 Å². The summed E-state index contributed by atoms with van der Waals surface area (Å²) in [5, 5.41) is 6.30. The molecule has 0 bridgehead atoms. The Morgan fingerprint density at radius 1 is 0.889 bits per heavy atom. The van der Waals surface area contributed by atoms with E-state index in [2.05, 4.69) is 61.6 Å². The lowest BCUT2D eigenvalue weighted by Crippen LogP contribution is -2.18. The van der Waals surface area contributed by atoms with Crippen LogP contribution in [0.25, 0.3) is 10.8 Å². The molecule has 0 radical (unpaired) electrons. The molecule has 0 heterocycles. The molecule has 1 N–H and O–H groups in total. The lowest BCUT2D eigenvalue weighted by molar-refractivity contribution is 0.586. The second kappa shape index (κ2) is 6.44. The second-order valence-corrected chi connectivity index (χ2v) is 4.98. The summed E-state index contributed by atoms with van der Waals surface area (Å²) in [6.07, 6.45) is 4.98. The van der Waals surface area contributed by atoms with Gasteiger partial charge in [0, 0.05) is 11.7 Å². The molecule has 0 saturated carbocycles. The van der Waals surface area contributed by atoms with Crippen molar-refractivity contribution in [3.8, 4) is 0 Å². The highest BCUT2D eigenvalue weighted by Crippen LogP contribution is 2.21. The SMILES string of the molecule is CCCC(CCC)Nc1ccc2ccccc2c1. The molecule has 2 rings (SSSR count). The first-order chi connectivity index (χ1) is 8.83. The lowest BCUT2D eigenvalue weighted by atomic mass is 10.1. The minimum absolute atomic E-state index is 0.612. The zero-order valence-electron chi connectivity index (χ0n) is 11.4. The first kappa shape index (κ1) is 12.9. The summed E-state index contributed by atoms with van der Waals surface area (Å²) in [6, 6.07) is 15.8. The third-order valence-electron chi connectivity index (χ3n) is 3.39. The van der Waals surface area contributed by atoms with Crippen LogP contribution in [-0.4, -0.2) is 6.04 Å². The highest BCUT2D eigenvalue weighted by atomic mass is 14.9. The number of benzene rings is 2. The molecule has 0 aromatic heterocycles. The van der Waals surface area contributed by atoms with Crippen molar-refractivity contribution in [1.82, 2.24) is 0 Å². The average molecular weight is 241 g/mol. The molecule has 1 heteroatoms. The Morgan fingerprint density at radius 3 is 2.22 bits per heavy atom. The second-order valence-electron chi connectivity index (χ2n) is 4.98. The Kier molecular flexibility index (Phi) is 4.63. The van der Waals surface area contributed by atoms with Gasteiger partial charge in [-0.1, -0.05) is 57.0 Å². The van der Waals surface area contributed by atoms with Crippen LogP contribution in [0.2, 0.25) is 0 Å². The lowest BCUT2D eigenvalue weighted by Gasteiger charge is -2.19. The maximum Gasteiger partial charge on any atom is 0.0348 e. The zero-order chi connectivity index (χ0) is 12.8. The van der Waals surface area contributed by atoms with E-state index in [1.807, 2.05) is 0 Å². The van der Waals surface area contributed by atoms with Gasteiger partial charge >= 0.3 is 0 Å². The van der Waals surface area contributed by atoms with Crippen molar-refractivity contribution >= 4 is 16.5 Å². The number of rotatable bonds is 6. The van der Waals surface area contributed by atoms with E-state index in [-0.39, 0.29) is 0 Å². The molecule has 0 atom stereocenters. The van der Waals surface area contributed by atoms with E-state index < -0.39 is 0 Å². The molecule has 0 fully saturated rings. The number of nitrogens with one attached hydrogen (secondary N) is 1. The highest BCUT2D eigenvalue weighted by Gasteiger charge is 2.06. The summed E-state index contributed by atoms with van der Waals surface area (Å²) in [6.45, 7) is 4.51. The minimum Gasteiger partial charge on any atom is -0.382 e. The fourth-order valence-electron chi connectivity index (χ4n) is 2.50. The normalized spacial score (nSPS) is 11.1. The summed E-state index contributed by atoms with van der Waals surface area (Å²) >= 11 is 0. The van der Waals surface area contributed by atoms with Crippen LogP contribution in [-0.2, 0) is 0 Å². The zero-order valence-corrected chi connectivity index (χ0v) is 11.4. The van der Waals surface area contributed by atoms with Crippen molar-refractivity contribution in [2.24, 2.45) is 0 Å². The standard InChI is InChI=1S/C17H23N/c1-3-7-16(8-4-2)18-17-12-11-14-9-5-6-10-15(14)13-17/h5-6,9-13,16,18H,3-4,7-8H2,1-2H3. The van der Waals surface area contributed by atoms with Crippen LogP contribution < -0.4 is 5.32 Å². The predicted octanol–water partition coefficient (Wildman–Crippen LogP) is 5.22. The summed E-state index contributed by atoms with van der Waals surface area (Å²) in [4.78, 5) is 0. The van der Waals surface area contributed by atoms with E-state index in [1.165, 1.54) is 42.1 Å². The van der Waals surface area contributed by atoms with Gasteiger partial charge < -0.3 is 5.32 Å². The van der Waals surface area contributed by atoms with Crippen LogP contribution in [0.5, 0.6) is 0 Å². The van der Waals surface area contributed by atoms with E-state index in [0.717, 1.165) is 0 Å². The van der Waals surface area contributed by atoms with Crippen LogP contribution in [0.1, 0.15) is 39.5 Å². The van der Waals surface area contributed by atoms with Gasteiger partial charge in [-0.25, -0.2) is 0 Å². The van der Waals surface area contributed by atoms with E-state index in [4.69, 9.17) is 0 Å². The van der Waals surface area contributed by atoms with Crippen molar-refractivity contribution in [1.29, 1.82) is 0 Å². The summed E-state index contributed by atoms with van der Waals surface area (Å²) in [5.74, 6) is 0. The molecule has 0 spiro atoms. The van der Waals surface area contributed by atoms with Crippen molar-refractivity contribution in [3.63, 3.8) is 0 Å². The third-order valence-corrected chi connectivity index (χ3v) is 3.39. The van der Waals surface area contributed by atoms with Gasteiger partial charge in [-0.3, -0.25) is 0 Å². The molecular weight excluding hydrogens is 218 g/mol. The molecule has 0 aliphatic heterocycles. The van der Waals surface area contributed by atoms with Crippen LogP contribution in [0.15, 0.2) is 42.5 Å². The third kappa shape index (κ3) is 3.25. The van der Waals surface area contributed by atoms with Gasteiger partial charge in [-0.15, -0.1) is 0 Å². The van der Waals surface area contributed by atoms with E-state index >= 15 is 0 Å². The van der Waals surface area contributed by atoms with Gasteiger partial charge in [0.2, 0.25) is 0 Å². The molecule has 0 aliphatic carbocycles. The van der Waals surface area contributed by atoms with Crippen molar-refractivity contribution in [2.45, 2.75) is 45.6 Å². The Bertz CT molecular complexity index is 484. The number of hydrogen-bond acceptors (Lipinski definition) is 1. The van der Waals surface area contributed by atoms with Gasteiger partial charge in [0.05, 0.1) is 0 Å². The number of anilines is 1. The molecule has 18 heavy (non-hydrogen) atoms. The quantitative estimate of drug-likeness (QED) is 0.731. The first-order valence-corrected chi connectivity index (χ1v) is 7.08. The molecule has 96 valence electrons. The van der Waals surface area contributed by atoms with Gasteiger partial charge in [0.1, 0.15) is 0 Å². The van der Waals surface area contributed by atoms with Gasteiger partial charge in [-0.05, 0) is 35.7 Å². The summed E-state index contributed by atoms with van der Waals surface area (Å²) in [5.41, 5.74) is 1.25. The maximum atomic E-state index is 3.67. The maximum absolute atomic E-state index is 3.67. The predicted molar refractivity (Wildman–Crippen MR) is 81.2 cm³/mol. The molecule has 0 saturated heterocycles. The summed E-state index contributed by atoms with van der Waals surface area (Å²) in [7, 11) is 0. The fourth-order valence-corrected chi connectivity index (χ4v) is 2.50. The Balaban J connectivity index is 2.14. The van der Waals surface area contributed by atoms with Gasteiger partial charge in [-0.2, -0.15) is 0 Å². The molecule has 0 aliphatic rings. The van der Waals surface area contributed by atoms with Gasteiger partial charge in [0.25, 0.3) is 0 Å². The Hall–Kier alpha value is -1.50. The fraction of sp³-hybridized carbons (Fsp3) is 0.412. The topological polar surface area (TPSA) is 12.0 Å². The largest absolute Gasteiger partial charge is 0.382 e. The molecule has 1 nitrogen and oxygen atoms in total. The van der Waals surface area contributed by atoms with Crippen LogP contribution >= 0.6 is 0 Å². The number of fused-ring (bicyclic) bond motifs is 1. The Morgan fingerprint density at radius 2 is 1.56 bits per heavy atom. The Labute approximate surface area is 110 Å². The highest BCUT2D eigenvalue weighted by molar-refractivity contribution is 5.85. The minimum atomic E-state index is 0.612. The van der Waals surface area contributed by atoms with E-state index in [1.54, 1.807) is 0 Å². The first-order valence-electron chi connectivity index (χ1n) is 7.08. The van der Waals surface area contributed by atoms with E-state index in [9.17, 15) is 0 Å². The molecule has 2 aromatic carbocycles. The van der Waals surface area contributed by atoms with Crippen molar-refractivity contribution < 1.29 is 0 Å². The van der Waals surface area contributed by atoms with Crippen LogP contribution in [0, 0.1) is 0 Å². The smallest absolute Gasteiger partial charge is 0.0348 e. The van der Waals surface area contributed by atoms with Crippen molar-refractivity contribution in [2.75, 3.05) is 5.32 Å². The van der Waals surface area contributed by atoms with Crippen LogP contribution in [0.4, 0.5) is 5.69 Å². The average Bonchev–Trinajstić information content (AvgIpc) is 2.39. The molecule has 0 amide bonds. The van der Waals surface area contributed by atoms with Crippen LogP contribution in [0.3, 0.4) is 0 Å². The van der Waals surface area contributed by atoms with Gasteiger partial charge in [0.15, 0.2) is 0 Å². The number of hydrogen-bond donors (Lipinski definition) is 1. The molecule has 2 aromatic rings.